The molecule has 5 heteroatoms. The minimum Gasteiger partial charge on any atom is -0.380 e. The van der Waals surface area contributed by atoms with Crippen LogP contribution < -0.4 is 11.1 Å². The van der Waals surface area contributed by atoms with E-state index in [0.29, 0.717) is 6.54 Å². The number of hydrogen-bond acceptors (Lipinski definition) is 5. The molecule has 4 nitrogen and oxygen atoms in total. The molecule has 2 rings (SSSR count). The monoisotopic (exact) mass is 222 g/mol. The molecule has 80 valence electrons. The van der Waals surface area contributed by atoms with E-state index in [1.807, 2.05) is 13.0 Å². The average molecular weight is 222 g/mol. The Hall–Kier alpha value is -1.20. The van der Waals surface area contributed by atoms with Crippen LogP contribution in [0.3, 0.4) is 0 Å². The lowest BCUT2D eigenvalue weighted by Crippen LogP contribution is -2.25. The molecule has 2 aromatic heterocycles. The molecule has 0 radical (unpaired) electrons. The molecule has 3 N–H and O–H groups in total. The molecule has 0 aromatic carbocycles. The molecule has 2 aromatic rings. The van der Waals surface area contributed by atoms with E-state index < -0.39 is 0 Å². The van der Waals surface area contributed by atoms with E-state index in [9.17, 15) is 0 Å². The van der Waals surface area contributed by atoms with Gasteiger partial charge in [-0.2, -0.15) is 0 Å². The number of rotatable bonds is 3. The normalized spacial score (nSPS) is 13.0. The van der Waals surface area contributed by atoms with Gasteiger partial charge in [0.25, 0.3) is 0 Å². The van der Waals surface area contributed by atoms with Gasteiger partial charge < -0.3 is 11.1 Å². The molecule has 2 heterocycles. The highest BCUT2D eigenvalue weighted by atomic mass is 32.1. The molecule has 0 aliphatic carbocycles. The maximum absolute atomic E-state index is 5.58. The third-order valence-electron chi connectivity index (χ3n) is 2.15. The number of nitrogens with zero attached hydrogens (tertiary/aromatic N) is 2. The zero-order chi connectivity index (χ0) is 10.8. The minimum absolute atomic E-state index is 0.262. The highest BCUT2D eigenvalue weighted by Crippen LogP contribution is 2.27. The molecule has 1 atom stereocenters. The van der Waals surface area contributed by atoms with Crippen LogP contribution in [-0.2, 0) is 0 Å². The minimum atomic E-state index is 0.262. The molecule has 0 saturated carbocycles. The van der Waals surface area contributed by atoms with Gasteiger partial charge in [0.1, 0.15) is 0 Å². The van der Waals surface area contributed by atoms with Gasteiger partial charge in [-0.1, -0.05) is 0 Å². The van der Waals surface area contributed by atoms with Gasteiger partial charge in [-0.15, -0.1) is 11.3 Å². The van der Waals surface area contributed by atoms with Crippen LogP contribution in [0.25, 0.3) is 10.3 Å². The van der Waals surface area contributed by atoms with Crippen LogP contribution in [0.2, 0.25) is 0 Å². The summed E-state index contributed by atoms with van der Waals surface area (Å²) in [6, 6.07) is 2.23. The number of nitrogens with two attached hydrogens (primary N) is 1. The Morgan fingerprint density at radius 2 is 2.40 bits per heavy atom. The van der Waals surface area contributed by atoms with Crippen molar-refractivity contribution in [3.05, 3.63) is 17.3 Å². The summed E-state index contributed by atoms with van der Waals surface area (Å²) < 4.78 is 1.11. The lowest BCUT2D eigenvalue weighted by molar-refractivity contribution is 0.805. The Labute approximate surface area is 92.5 Å². The van der Waals surface area contributed by atoms with E-state index in [4.69, 9.17) is 5.73 Å². The van der Waals surface area contributed by atoms with Crippen LogP contribution >= 0.6 is 11.3 Å². The lowest BCUT2D eigenvalue weighted by atomic mass is 10.3. The fourth-order valence-electron chi connectivity index (χ4n) is 1.38. The van der Waals surface area contributed by atoms with Crippen LogP contribution in [0.1, 0.15) is 11.9 Å². The standard InChI is InChI=1S/C10H14N4S/c1-6(5-11)13-8-3-4-12-10-9(8)15-7(2)14-10/h3-4,6H,5,11H2,1-2H3,(H,12,13). The molecule has 0 spiro atoms. The Bertz CT molecular complexity index is 465. The Morgan fingerprint density at radius 3 is 3.13 bits per heavy atom. The van der Waals surface area contributed by atoms with Gasteiger partial charge in [-0.05, 0) is 19.9 Å². The summed E-state index contributed by atoms with van der Waals surface area (Å²) >= 11 is 1.65. The summed E-state index contributed by atoms with van der Waals surface area (Å²) in [6.45, 7) is 4.66. The summed E-state index contributed by atoms with van der Waals surface area (Å²) in [7, 11) is 0. The third-order valence-corrected chi connectivity index (χ3v) is 3.15. The second-order valence-electron chi connectivity index (χ2n) is 3.53. The second kappa shape index (κ2) is 4.12. The number of thiazole rings is 1. The van der Waals surface area contributed by atoms with Crippen molar-refractivity contribution in [1.29, 1.82) is 0 Å². The fourth-order valence-corrected chi connectivity index (χ4v) is 2.23. The van der Waals surface area contributed by atoms with Crippen molar-refractivity contribution in [2.75, 3.05) is 11.9 Å². The average Bonchev–Trinajstić information content (AvgIpc) is 2.59. The topological polar surface area (TPSA) is 63.8 Å². The first-order valence-electron chi connectivity index (χ1n) is 4.89. The predicted molar refractivity (Wildman–Crippen MR) is 64.3 cm³/mol. The first-order chi connectivity index (χ1) is 7.20. The molecule has 1 unspecified atom stereocenters. The molecule has 0 aliphatic heterocycles. The van der Waals surface area contributed by atoms with Gasteiger partial charge >= 0.3 is 0 Å². The number of nitrogens with one attached hydrogen (secondary N) is 1. The number of anilines is 1. The van der Waals surface area contributed by atoms with Crippen molar-refractivity contribution in [1.82, 2.24) is 9.97 Å². The maximum atomic E-state index is 5.58. The number of fused-ring (bicyclic) bond motifs is 1. The van der Waals surface area contributed by atoms with Crippen molar-refractivity contribution in [3.63, 3.8) is 0 Å². The van der Waals surface area contributed by atoms with Gasteiger partial charge in [0.15, 0.2) is 5.65 Å². The second-order valence-corrected chi connectivity index (χ2v) is 4.73. The van der Waals surface area contributed by atoms with Crippen molar-refractivity contribution >= 4 is 27.4 Å². The SMILES string of the molecule is Cc1nc2nccc(NC(C)CN)c2s1. The molecule has 0 amide bonds. The van der Waals surface area contributed by atoms with E-state index >= 15 is 0 Å². The molecular formula is C10H14N4S. The summed E-state index contributed by atoms with van der Waals surface area (Å²) in [4.78, 5) is 8.57. The van der Waals surface area contributed by atoms with Gasteiger partial charge in [0.05, 0.1) is 15.4 Å². The van der Waals surface area contributed by atoms with Gasteiger partial charge in [0, 0.05) is 18.8 Å². The van der Waals surface area contributed by atoms with E-state index in [1.54, 1.807) is 17.5 Å². The first kappa shape index (κ1) is 10.3. The van der Waals surface area contributed by atoms with Crippen LogP contribution in [0.4, 0.5) is 5.69 Å². The van der Waals surface area contributed by atoms with Crippen molar-refractivity contribution in [3.8, 4) is 0 Å². The highest BCUT2D eigenvalue weighted by molar-refractivity contribution is 7.19. The zero-order valence-corrected chi connectivity index (χ0v) is 9.64. The zero-order valence-electron chi connectivity index (χ0n) is 8.82. The Morgan fingerprint density at radius 1 is 1.60 bits per heavy atom. The number of hydrogen-bond donors (Lipinski definition) is 2. The lowest BCUT2D eigenvalue weighted by Gasteiger charge is -2.12. The number of aryl methyl sites for hydroxylation is 1. The van der Waals surface area contributed by atoms with Crippen LogP contribution in [-0.4, -0.2) is 22.6 Å². The maximum Gasteiger partial charge on any atom is 0.172 e. The van der Waals surface area contributed by atoms with Gasteiger partial charge in [-0.25, -0.2) is 9.97 Å². The van der Waals surface area contributed by atoms with Crippen LogP contribution in [0.15, 0.2) is 12.3 Å². The molecular weight excluding hydrogens is 208 g/mol. The van der Waals surface area contributed by atoms with Crippen LogP contribution in [0.5, 0.6) is 0 Å². The van der Waals surface area contributed by atoms with E-state index in [0.717, 1.165) is 21.0 Å². The predicted octanol–water partition coefficient (Wildman–Crippen LogP) is 1.76. The third kappa shape index (κ3) is 2.08. The summed E-state index contributed by atoms with van der Waals surface area (Å²) in [5.41, 5.74) is 7.46. The quantitative estimate of drug-likeness (QED) is 0.830. The Balaban J connectivity index is 2.41. The fraction of sp³-hybridized carbons (Fsp3) is 0.400. The number of aromatic nitrogens is 2. The first-order valence-corrected chi connectivity index (χ1v) is 5.71. The summed E-state index contributed by atoms with van der Waals surface area (Å²) in [5.74, 6) is 0. The van der Waals surface area contributed by atoms with Gasteiger partial charge in [0.2, 0.25) is 0 Å². The molecule has 0 bridgehead atoms. The van der Waals surface area contributed by atoms with E-state index in [-0.39, 0.29) is 6.04 Å². The number of pyridine rings is 1. The summed E-state index contributed by atoms with van der Waals surface area (Å²) in [6.07, 6.45) is 1.77. The molecule has 0 fully saturated rings. The molecule has 0 saturated heterocycles. The molecule has 0 aliphatic rings. The van der Waals surface area contributed by atoms with Crippen molar-refractivity contribution < 1.29 is 0 Å². The largest absolute Gasteiger partial charge is 0.380 e. The van der Waals surface area contributed by atoms with E-state index in [2.05, 4.69) is 22.2 Å². The molecule has 15 heavy (non-hydrogen) atoms. The highest BCUT2D eigenvalue weighted by Gasteiger charge is 2.08. The van der Waals surface area contributed by atoms with Crippen LogP contribution in [0, 0.1) is 6.92 Å². The Kier molecular flexibility index (Phi) is 2.83. The van der Waals surface area contributed by atoms with Crippen molar-refractivity contribution in [2.45, 2.75) is 19.9 Å². The van der Waals surface area contributed by atoms with E-state index in [1.165, 1.54) is 0 Å². The smallest absolute Gasteiger partial charge is 0.172 e. The van der Waals surface area contributed by atoms with Gasteiger partial charge in [-0.3, -0.25) is 0 Å². The summed E-state index contributed by atoms with van der Waals surface area (Å²) in [5, 5.41) is 4.39. The van der Waals surface area contributed by atoms with Crippen molar-refractivity contribution in [2.24, 2.45) is 5.73 Å².